The van der Waals surface area contributed by atoms with E-state index in [0.29, 0.717) is 5.75 Å². The second-order valence-electron chi connectivity index (χ2n) is 9.39. The van der Waals surface area contributed by atoms with Crippen LogP contribution in [0, 0.1) is 0 Å². The van der Waals surface area contributed by atoms with Gasteiger partial charge in [0.15, 0.2) is 0 Å². The summed E-state index contributed by atoms with van der Waals surface area (Å²) in [5.41, 5.74) is -0.594. The Morgan fingerprint density at radius 2 is 1.48 bits per heavy atom. The highest BCUT2D eigenvalue weighted by Crippen LogP contribution is 2.14. The Kier molecular flexibility index (Phi) is 10.7. The fourth-order valence-corrected chi connectivity index (χ4v) is 3.53. The molecule has 3 N–H and O–H groups in total. The average molecular weight is 483 g/mol. The van der Waals surface area contributed by atoms with E-state index in [2.05, 4.69) is 10.6 Å². The molecule has 0 saturated heterocycles. The summed E-state index contributed by atoms with van der Waals surface area (Å²) in [5, 5.41) is 14.3. The molecule has 1 rings (SSSR count). The van der Waals surface area contributed by atoms with E-state index in [1.807, 2.05) is 30.3 Å². The van der Waals surface area contributed by atoms with Gasteiger partial charge in [-0.2, -0.15) is 11.8 Å². The first-order valence-electron chi connectivity index (χ1n) is 10.5. The molecule has 0 aliphatic heterocycles. The quantitative estimate of drug-likeness (QED) is 0.434. The van der Waals surface area contributed by atoms with Gasteiger partial charge in [-0.25, -0.2) is 9.59 Å². The van der Waals surface area contributed by atoms with E-state index in [4.69, 9.17) is 9.47 Å². The van der Waals surface area contributed by atoms with Gasteiger partial charge in [0.1, 0.15) is 23.3 Å². The van der Waals surface area contributed by atoms with Gasteiger partial charge < -0.3 is 25.2 Å². The topological polar surface area (TPSA) is 131 Å². The Bertz CT molecular complexity index is 786. The molecule has 0 unspecified atom stereocenters. The maximum atomic E-state index is 12.8. The molecular weight excluding hydrogens is 448 g/mol. The SMILES string of the molecule is CC(C)(C)OC(=O)C[C@H](NC(=O)OC(C)(C)C)C(=O)N[C@H](CSCc1ccccc1)C(=O)O. The van der Waals surface area contributed by atoms with Crippen molar-refractivity contribution >= 4 is 35.7 Å². The number of ether oxygens (including phenoxy) is 2. The van der Waals surface area contributed by atoms with Crippen LogP contribution in [0.5, 0.6) is 0 Å². The van der Waals surface area contributed by atoms with Crippen molar-refractivity contribution in [1.29, 1.82) is 0 Å². The van der Waals surface area contributed by atoms with Crippen molar-refractivity contribution < 1.29 is 33.8 Å². The smallest absolute Gasteiger partial charge is 0.408 e. The van der Waals surface area contributed by atoms with Gasteiger partial charge >= 0.3 is 18.0 Å². The fraction of sp³-hybridized carbons (Fsp3) is 0.565. The molecule has 1 aromatic carbocycles. The van der Waals surface area contributed by atoms with Crippen molar-refractivity contribution in [1.82, 2.24) is 10.6 Å². The van der Waals surface area contributed by atoms with E-state index in [-0.39, 0.29) is 5.75 Å². The number of alkyl carbamates (subject to hydrolysis) is 1. The van der Waals surface area contributed by atoms with Gasteiger partial charge in [0.25, 0.3) is 0 Å². The van der Waals surface area contributed by atoms with Gasteiger partial charge in [-0.1, -0.05) is 30.3 Å². The number of hydrogen-bond acceptors (Lipinski definition) is 7. The molecule has 0 aromatic heterocycles. The molecule has 0 spiro atoms. The summed E-state index contributed by atoms with van der Waals surface area (Å²) >= 11 is 1.34. The van der Waals surface area contributed by atoms with Gasteiger partial charge in [-0.3, -0.25) is 9.59 Å². The Balaban J connectivity index is 2.84. The molecule has 0 aliphatic rings. The maximum absolute atomic E-state index is 12.8. The molecule has 2 amide bonds. The van der Waals surface area contributed by atoms with Crippen molar-refractivity contribution in [3.8, 4) is 0 Å². The van der Waals surface area contributed by atoms with Gasteiger partial charge in [-0.15, -0.1) is 0 Å². The Morgan fingerprint density at radius 1 is 0.909 bits per heavy atom. The summed E-state index contributed by atoms with van der Waals surface area (Å²) in [7, 11) is 0. The Hall–Kier alpha value is -2.75. The first-order chi connectivity index (χ1) is 15.2. The number of benzene rings is 1. The second kappa shape index (κ2) is 12.5. The van der Waals surface area contributed by atoms with Crippen molar-refractivity contribution in [3.05, 3.63) is 35.9 Å². The first kappa shape index (κ1) is 28.3. The van der Waals surface area contributed by atoms with E-state index in [0.717, 1.165) is 5.56 Å². The molecule has 184 valence electrons. The molecule has 9 nitrogen and oxygen atoms in total. The number of esters is 1. The first-order valence-corrected chi connectivity index (χ1v) is 11.7. The van der Waals surface area contributed by atoms with Crippen LogP contribution in [0.15, 0.2) is 30.3 Å². The monoisotopic (exact) mass is 482 g/mol. The van der Waals surface area contributed by atoms with Gasteiger partial charge in [0.05, 0.1) is 6.42 Å². The Morgan fingerprint density at radius 3 is 2.00 bits per heavy atom. The molecule has 2 atom stereocenters. The van der Waals surface area contributed by atoms with E-state index in [1.54, 1.807) is 41.5 Å². The molecule has 0 saturated carbocycles. The third-order valence-corrected chi connectivity index (χ3v) is 4.92. The molecular formula is C23H34N2O7S. The minimum atomic E-state index is -1.37. The zero-order valence-electron chi connectivity index (χ0n) is 20.0. The molecule has 0 heterocycles. The van der Waals surface area contributed by atoms with E-state index in [9.17, 15) is 24.3 Å². The lowest BCUT2D eigenvalue weighted by Gasteiger charge is -2.25. The Labute approximate surface area is 199 Å². The number of thioether (sulfide) groups is 1. The summed E-state index contributed by atoms with van der Waals surface area (Å²) < 4.78 is 10.4. The zero-order chi connectivity index (χ0) is 25.2. The zero-order valence-corrected chi connectivity index (χ0v) is 20.8. The number of carboxylic acids is 1. The van der Waals surface area contributed by atoms with Crippen LogP contribution in [0.25, 0.3) is 0 Å². The number of amides is 2. The van der Waals surface area contributed by atoms with E-state index >= 15 is 0 Å². The predicted octanol–water partition coefficient (Wildman–Crippen LogP) is 3.11. The number of carbonyl (C=O) groups excluding carboxylic acids is 3. The highest BCUT2D eigenvalue weighted by atomic mass is 32.2. The van der Waals surface area contributed by atoms with Gasteiger partial charge in [0, 0.05) is 11.5 Å². The number of rotatable bonds is 10. The highest BCUT2D eigenvalue weighted by Gasteiger charge is 2.31. The van der Waals surface area contributed by atoms with Crippen LogP contribution in [-0.4, -0.2) is 58.1 Å². The second-order valence-corrected chi connectivity index (χ2v) is 10.4. The lowest BCUT2D eigenvalue weighted by molar-refractivity contribution is -0.156. The molecule has 0 radical (unpaired) electrons. The van der Waals surface area contributed by atoms with E-state index < -0.39 is 53.6 Å². The largest absolute Gasteiger partial charge is 0.480 e. The van der Waals surface area contributed by atoms with Crippen molar-refractivity contribution in [2.75, 3.05) is 5.75 Å². The van der Waals surface area contributed by atoms with Crippen molar-refractivity contribution in [2.45, 2.75) is 77.0 Å². The van der Waals surface area contributed by atoms with Gasteiger partial charge in [-0.05, 0) is 47.1 Å². The fourth-order valence-electron chi connectivity index (χ4n) is 2.52. The van der Waals surface area contributed by atoms with Crippen molar-refractivity contribution in [2.24, 2.45) is 0 Å². The highest BCUT2D eigenvalue weighted by molar-refractivity contribution is 7.98. The number of nitrogens with one attached hydrogen (secondary N) is 2. The van der Waals surface area contributed by atoms with Gasteiger partial charge in [0.2, 0.25) is 5.91 Å². The minimum Gasteiger partial charge on any atom is -0.480 e. The van der Waals surface area contributed by atoms with Crippen LogP contribution in [0.2, 0.25) is 0 Å². The van der Waals surface area contributed by atoms with Crippen LogP contribution in [0.1, 0.15) is 53.5 Å². The van der Waals surface area contributed by atoms with Crippen LogP contribution < -0.4 is 10.6 Å². The number of hydrogen-bond donors (Lipinski definition) is 3. The third kappa shape index (κ3) is 12.8. The maximum Gasteiger partial charge on any atom is 0.408 e. The average Bonchev–Trinajstić information content (AvgIpc) is 2.64. The third-order valence-electron chi connectivity index (χ3n) is 3.81. The molecule has 0 aliphatic carbocycles. The molecule has 0 fully saturated rings. The summed E-state index contributed by atoms with van der Waals surface area (Å²) in [6, 6.07) is 6.91. The molecule has 1 aromatic rings. The summed E-state index contributed by atoms with van der Waals surface area (Å²) in [4.78, 5) is 49.0. The minimum absolute atomic E-state index is 0.0988. The summed E-state index contributed by atoms with van der Waals surface area (Å²) in [5.74, 6) is -2.10. The number of carbonyl (C=O) groups is 4. The van der Waals surface area contributed by atoms with Crippen molar-refractivity contribution in [3.63, 3.8) is 0 Å². The van der Waals surface area contributed by atoms with Crippen LogP contribution in [-0.2, 0) is 29.6 Å². The lowest BCUT2D eigenvalue weighted by Crippen LogP contribution is -2.54. The summed E-state index contributed by atoms with van der Waals surface area (Å²) in [6.07, 6.45) is -1.39. The molecule has 0 bridgehead atoms. The normalized spacial score (nSPS) is 13.4. The number of carboxylic acid groups (broad SMARTS) is 1. The van der Waals surface area contributed by atoms with Crippen LogP contribution >= 0.6 is 11.8 Å². The summed E-state index contributed by atoms with van der Waals surface area (Å²) in [6.45, 7) is 9.98. The lowest BCUT2D eigenvalue weighted by atomic mass is 10.1. The predicted molar refractivity (Wildman–Crippen MR) is 126 cm³/mol. The number of aliphatic carboxylic acids is 1. The van der Waals surface area contributed by atoms with Crippen LogP contribution in [0.3, 0.4) is 0 Å². The van der Waals surface area contributed by atoms with E-state index in [1.165, 1.54) is 11.8 Å². The molecule has 10 heteroatoms. The van der Waals surface area contributed by atoms with Crippen LogP contribution in [0.4, 0.5) is 4.79 Å². The molecule has 33 heavy (non-hydrogen) atoms. The standard InChI is InChI=1S/C23H34N2O7S/c1-22(2,3)31-18(26)12-16(25-21(30)32-23(4,5)6)19(27)24-17(20(28)29)14-33-13-15-10-8-7-9-11-15/h7-11,16-17H,12-14H2,1-6H3,(H,24,27)(H,25,30)(H,28,29)/t16-,17+/m0/s1.